The van der Waals surface area contributed by atoms with Crippen LogP contribution in [0.1, 0.15) is 10.4 Å². The van der Waals surface area contributed by atoms with Crippen LogP contribution in [-0.2, 0) is 0 Å². The van der Waals surface area contributed by atoms with Crippen LogP contribution in [0.2, 0.25) is 10.0 Å². The Kier molecular flexibility index (Phi) is 5.02. The fourth-order valence-corrected chi connectivity index (χ4v) is 1.22. The van der Waals surface area contributed by atoms with Gasteiger partial charge in [0.1, 0.15) is 0 Å². The van der Waals surface area contributed by atoms with Crippen LogP contribution in [0.5, 0.6) is 0 Å². The molecule has 0 radical (unpaired) electrons. The maximum Gasteiger partial charge on any atom is 0.277 e. The van der Waals surface area contributed by atoms with E-state index in [1.54, 1.807) is 0 Å². The second-order valence-corrected chi connectivity index (χ2v) is 2.73. The van der Waals surface area contributed by atoms with Crippen molar-refractivity contribution in [3.8, 4) is 0 Å². The van der Waals surface area contributed by atoms with Crippen molar-refractivity contribution in [2.45, 2.75) is 0 Å². The number of aromatic nitrogens is 1. The molecule has 1 rings (SSSR count). The van der Waals surface area contributed by atoms with Crippen molar-refractivity contribution in [3.63, 3.8) is 0 Å². The molecular formula is C6H5Cl3N2O2. The van der Waals surface area contributed by atoms with Gasteiger partial charge in [0, 0.05) is 12.4 Å². The lowest BCUT2D eigenvalue weighted by Crippen LogP contribution is -2.19. The summed E-state index contributed by atoms with van der Waals surface area (Å²) in [6, 6.07) is 0. The SMILES string of the molecule is Cl.O=C(NO)c1c(Cl)cncc1Cl. The number of pyridine rings is 1. The molecule has 0 spiro atoms. The van der Waals surface area contributed by atoms with Crippen LogP contribution in [0, 0.1) is 0 Å². The highest BCUT2D eigenvalue weighted by Crippen LogP contribution is 2.22. The first-order chi connectivity index (χ1) is 5.66. The van der Waals surface area contributed by atoms with Gasteiger partial charge in [-0.2, -0.15) is 0 Å². The normalized spacial score (nSPS) is 8.85. The van der Waals surface area contributed by atoms with E-state index < -0.39 is 5.91 Å². The van der Waals surface area contributed by atoms with E-state index in [0.717, 1.165) is 0 Å². The Morgan fingerprint density at radius 1 is 1.38 bits per heavy atom. The predicted octanol–water partition coefficient (Wildman–Crippen LogP) is 1.93. The number of hydroxylamine groups is 1. The lowest BCUT2D eigenvalue weighted by molar-refractivity contribution is 0.0706. The smallest absolute Gasteiger partial charge is 0.277 e. The van der Waals surface area contributed by atoms with Crippen LogP contribution in [0.15, 0.2) is 12.4 Å². The Morgan fingerprint density at radius 2 is 1.85 bits per heavy atom. The molecule has 1 aromatic rings. The average Bonchev–Trinajstić information content (AvgIpc) is 2.03. The van der Waals surface area contributed by atoms with Crippen LogP contribution in [0.4, 0.5) is 0 Å². The minimum Gasteiger partial charge on any atom is -0.288 e. The first kappa shape index (κ1) is 12.4. The van der Waals surface area contributed by atoms with Crippen molar-refractivity contribution in [1.29, 1.82) is 0 Å². The topological polar surface area (TPSA) is 62.2 Å². The molecule has 7 heteroatoms. The van der Waals surface area contributed by atoms with Crippen molar-refractivity contribution in [3.05, 3.63) is 28.0 Å². The molecule has 0 fully saturated rings. The van der Waals surface area contributed by atoms with E-state index in [9.17, 15) is 4.79 Å². The third-order valence-electron chi connectivity index (χ3n) is 1.18. The quantitative estimate of drug-likeness (QED) is 0.585. The minimum atomic E-state index is -0.757. The predicted molar refractivity (Wildman–Crippen MR) is 50.8 cm³/mol. The van der Waals surface area contributed by atoms with Gasteiger partial charge in [-0.25, -0.2) is 5.48 Å². The second-order valence-electron chi connectivity index (χ2n) is 1.92. The van der Waals surface area contributed by atoms with Gasteiger partial charge in [-0.1, -0.05) is 23.2 Å². The van der Waals surface area contributed by atoms with Gasteiger partial charge in [0.15, 0.2) is 0 Å². The molecular weight excluding hydrogens is 238 g/mol. The molecule has 0 atom stereocenters. The van der Waals surface area contributed by atoms with Crippen LogP contribution < -0.4 is 5.48 Å². The number of nitrogens with one attached hydrogen (secondary N) is 1. The molecule has 0 aliphatic rings. The monoisotopic (exact) mass is 242 g/mol. The van der Waals surface area contributed by atoms with E-state index in [1.165, 1.54) is 17.9 Å². The summed E-state index contributed by atoms with van der Waals surface area (Å²) >= 11 is 11.2. The molecule has 0 aliphatic carbocycles. The van der Waals surface area contributed by atoms with Gasteiger partial charge >= 0.3 is 0 Å². The largest absolute Gasteiger partial charge is 0.288 e. The molecule has 2 N–H and O–H groups in total. The highest BCUT2D eigenvalue weighted by atomic mass is 35.5. The summed E-state index contributed by atoms with van der Waals surface area (Å²) in [5.74, 6) is -0.757. The third-order valence-corrected chi connectivity index (χ3v) is 1.76. The van der Waals surface area contributed by atoms with Crippen LogP contribution in [0.3, 0.4) is 0 Å². The van der Waals surface area contributed by atoms with E-state index in [4.69, 9.17) is 28.4 Å². The van der Waals surface area contributed by atoms with Gasteiger partial charge < -0.3 is 0 Å². The molecule has 0 bridgehead atoms. The zero-order chi connectivity index (χ0) is 9.14. The van der Waals surface area contributed by atoms with E-state index >= 15 is 0 Å². The lowest BCUT2D eigenvalue weighted by Gasteiger charge is -2.02. The summed E-state index contributed by atoms with van der Waals surface area (Å²) < 4.78 is 0. The Labute approximate surface area is 90.2 Å². The minimum absolute atomic E-state index is 0. The number of nitrogens with zero attached hydrogens (tertiary/aromatic N) is 1. The first-order valence-electron chi connectivity index (χ1n) is 2.90. The van der Waals surface area contributed by atoms with Crippen molar-refractivity contribution in [2.24, 2.45) is 0 Å². The third kappa shape index (κ3) is 2.70. The maximum absolute atomic E-state index is 10.9. The Hall–Kier alpha value is -0.550. The standard InChI is InChI=1S/C6H4Cl2N2O2.ClH/c7-3-1-9-2-4(8)5(3)6(11)10-12;/h1-2,12H,(H,10,11);1H. The van der Waals surface area contributed by atoms with Crippen molar-refractivity contribution in [2.75, 3.05) is 0 Å². The summed E-state index contributed by atoms with van der Waals surface area (Å²) in [6.07, 6.45) is 2.52. The number of halogens is 3. The second kappa shape index (κ2) is 5.24. The fraction of sp³-hybridized carbons (Fsp3) is 0. The van der Waals surface area contributed by atoms with E-state index in [-0.39, 0.29) is 28.0 Å². The first-order valence-corrected chi connectivity index (χ1v) is 3.66. The van der Waals surface area contributed by atoms with Gasteiger partial charge in [0.05, 0.1) is 15.6 Å². The molecule has 0 saturated carbocycles. The summed E-state index contributed by atoms with van der Waals surface area (Å²) in [6.45, 7) is 0. The summed E-state index contributed by atoms with van der Waals surface area (Å²) in [7, 11) is 0. The van der Waals surface area contributed by atoms with Crippen molar-refractivity contribution in [1.82, 2.24) is 10.5 Å². The molecule has 0 aliphatic heterocycles. The maximum atomic E-state index is 10.9. The van der Waals surface area contributed by atoms with Gasteiger partial charge in [-0.3, -0.25) is 15.0 Å². The summed E-state index contributed by atoms with van der Waals surface area (Å²) in [5, 5.41) is 8.48. The van der Waals surface area contributed by atoms with Crippen molar-refractivity contribution < 1.29 is 10.0 Å². The number of carbonyl (C=O) groups excluding carboxylic acids is 1. The number of rotatable bonds is 1. The summed E-state index contributed by atoms with van der Waals surface area (Å²) in [5.41, 5.74) is 1.44. The van der Waals surface area contributed by atoms with Crippen LogP contribution in [-0.4, -0.2) is 16.1 Å². The molecule has 1 aromatic heterocycles. The molecule has 13 heavy (non-hydrogen) atoms. The number of hydrogen-bond donors (Lipinski definition) is 2. The van der Waals surface area contributed by atoms with Gasteiger partial charge in [-0.15, -0.1) is 12.4 Å². The number of carbonyl (C=O) groups is 1. The molecule has 1 heterocycles. The van der Waals surface area contributed by atoms with Crippen molar-refractivity contribution >= 4 is 41.5 Å². The van der Waals surface area contributed by atoms with Crippen LogP contribution >= 0.6 is 35.6 Å². The van der Waals surface area contributed by atoms with E-state index in [2.05, 4.69) is 4.98 Å². The van der Waals surface area contributed by atoms with Crippen LogP contribution in [0.25, 0.3) is 0 Å². The molecule has 4 nitrogen and oxygen atoms in total. The molecule has 0 unspecified atom stereocenters. The fourth-order valence-electron chi connectivity index (χ4n) is 0.684. The van der Waals surface area contributed by atoms with E-state index in [1.807, 2.05) is 0 Å². The highest BCUT2D eigenvalue weighted by molar-refractivity contribution is 6.39. The highest BCUT2D eigenvalue weighted by Gasteiger charge is 2.13. The Bertz CT molecular complexity index is 298. The van der Waals surface area contributed by atoms with E-state index in [0.29, 0.717) is 0 Å². The number of hydrogen-bond acceptors (Lipinski definition) is 3. The average molecular weight is 243 g/mol. The zero-order valence-electron chi connectivity index (χ0n) is 6.12. The van der Waals surface area contributed by atoms with Gasteiger partial charge in [0.25, 0.3) is 5.91 Å². The number of amides is 1. The van der Waals surface area contributed by atoms with Gasteiger partial charge in [0.2, 0.25) is 0 Å². The molecule has 0 aromatic carbocycles. The zero-order valence-corrected chi connectivity index (χ0v) is 8.45. The van der Waals surface area contributed by atoms with Gasteiger partial charge in [-0.05, 0) is 0 Å². The molecule has 0 saturated heterocycles. The summed E-state index contributed by atoms with van der Waals surface area (Å²) in [4.78, 5) is 14.5. The molecule has 72 valence electrons. The lowest BCUT2D eigenvalue weighted by atomic mass is 10.2. The Balaban J connectivity index is 0.00000144. The molecule has 1 amide bonds. The Morgan fingerprint density at radius 3 is 2.23 bits per heavy atom.